The molecule has 0 saturated carbocycles. The Labute approximate surface area is 53.8 Å². The molecule has 8 heavy (non-hydrogen) atoms. The van der Waals surface area contributed by atoms with E-state index in [0.717, 1.165) is 6.54 Å². The molecule has 52 valence electrons. The van der Waals surface area contributed by atoms with Crippen LogP contribution >= 0.6 is 0 Å². The van der Waals surface area contributed by atoms with Crippen molar-refractivity contribution in [2.45, 2.75) is 34.6 Å². The summed E-state index contributed by atoms with van der Waals surface area (Å²) in [6.45, 7) is 14.0. The zero-order chi connectivity index (χ0) is 7.41. The molecule has 0 N–H and O–H groups in total. The summed E-state index contributed by atoms with van der Waals surface area (Å²) in [7, 11) is 0. The first-order valence-electron chi connectivity index (χ1n) is 3.34. The van der Waals surface area contributed by atoms with Gasteiger partial charge in [0.15, 0.2) is 0 Å². The smallest absolute Gasteiger partial charge is 0.0353 e. The Kier molecular flexibility index (Phi) is 150. The van der Waals surface area contributed by atoms with Crippen molar-refractivity contribution >= 4 is 6.72 Å². The van der Waals surface area contributed by atoms with Crippen LogP contribution in [0.15, 0.2) is 4.99 Å². The first kappa shape index (κ1) is 15.6. The van der Waals surface area contributed by atoms with Crippen LogP contribution in [-0.2, 0) is 0 Å². The minimum Gasteiger partial charge on any atom is -0.301 e. The summed E-state index contributed by atoms with van der Waals surface area (Å²) < 4.78 is 0. The molecule has 0 rings (SSSR count). The quantitative estimate of drug-likeness (QED) is 0.468. The molecule has 0 aromatic carbocycles. The van der Waals surface area contributed by atoms with Gasteiger partial charge in [-0.15, -0.1) is 0 Å². The molecule has 0 unspecified atom stereocenters. The molecule has 0 aromatic heterocycles. The van der Waals surface area contributed by atoms with Gasteiger partial charge in [0, 0.05) is 6.54 Å². The average molecular weight is 117 g/mol. The fourth-order valence-electron chi connectivity index (χ4n) is 0. The Bertz CT molecular complexity index is 18.3. The van der Waals surface area contributed by atoms with Crippen LogP contribution in [0.2, 0.25) is 0 Å². The first-order chi connectivity index (χ1) is 3.91. The molecule has 0 fully saturated rings. The SMILES string of the molecule is C=NCC.CC.CC. The van der Waals surface area contributed by atoms with E-state index in [4.69, 9.17) is 0 Å². The highest BCUT2D eigenvalue weighted by atomic mass is 14.6. The third kappa shape index (κ3) is 275. The number of hydrogen-bond donors (Lipinski definition) is 0. The number of nitrogens with zero attached hydrogens (tertiary/aromatic N) is 1. The van der Waals surface area contributed by atoms with Crippen LogP contribution < -0.4 is 0 Å². The molecule has 0 spiro atoms. The van der Waals surface area contributed by atoms with E-state index in [9.17, 15) is 0 Å². The Balaban J connectivity index is -0.0000000542. The summed E-state index contributed by atoms with van der Waals surface area (Å²) in [6, 6.07) is 0. The lowest BCUT2D eigenvalue weighted by atomic mass is 10.8. The lowest BCUT2D eigenvalue weighted by molar-refractivity contribution is 1.15. The van der Waals surface area contributed by atoms with Crippen molar-refractivity contribution in [1.29, 1.82) is 0 Å². The predicted octanol–water partition coefficient (Wildman–Crippen LogP) is 2.76. The van der Waals surface area contributed by atoms with Gasteiger partial charge < -0.3 is 4.99 Å². The van der Waals surface area contributed by atoms with Gasteiger partial charge >= 0.3 is 0 Å². The summed E-state index contributed by atoms with van der Waals surface area (Å²) >= 11 is 0. The normalized spacial score (nSPS) is 4.62. The third-order valence-corrected chi connectivity index (χ3v) is 0.224. The molecule has 0 bridgehead atoms. The van der Waals surface area contributed by atoms with Crippen molar-refractivity contribution < 1.29 is 0 Å². The molecular formula is C7H19N. The van der Waals surface area contributed by atoms with Crippen LogP contribution in [0.25, 0.3) is 0 Å². The lowest BCUT2D eigenvalue weighted by Crippen LogP contribution is -1.54. The summed E-state index contributed by atoms with van der Waals surface area (Å²) in [4.78, 5) is 3.49. The van der Waals surface area contributed by atoms with Crippen molar-refractivity contribution in [1.82, 2.24) is 0 Å². The Morgan fingerprint density at radius 2 is 1.25 bits per heavy atom. The molecule has 1 heteroatoms. The second-order valence-corrected chi connectivity index (χ2v) is 0.540. The zero-order valence-electron chi connectivity index (χ0n) is 6.86. The van der Waals surface area contributed by atoms with Crippen molar-refractivity contribution in [3.05, 3.63) is 0 Å². The summed E-state index contributed by atoms with van der Waals surface area (Å²) in [5, 5.41) is 0. The van der Waals surface area contributed by atoms with Crippen LogP contribution in [0.4, 0.5) is 0 Å². The van der Waals surface area contributed by atoms with Gasteiger partial charge in [0.05, 0.1) is 0 Å². The highest BCUT2D eigenvalue weighted by Gasteiger charge is 1.43. The maximum Gasteiger partial charge on any atom is 0.0353 e. The summed E-state index contributed by atoms with van der Waals surface area (Å²) in [5.74, 6) is 0. The fraction of sp³-hybridized carbons (Fsp3) is 0.857. The molecule has 0 saturated heterocycles. The van der Waals surface area contributed by atoms with E-state index in [1.54, 1.807) is 0 Å². The standard InChI is InChI=1S/C3H7N.2C2H6/c1-3-4-2;2*1-2/h2-3H2,1H3;2*1-2H3. The minimum absolute atomic E-state index is 0.833. The first-order valence-corrected chi connectivity index (χ1v) is 3.34. The van der Waals surface area contributed by atoms with Crippen molar-refractivity contribution in [2.24, 2.45) is 4.99 Å². The van der Waals surface area contributed by atoms with E-state index < -0.39 is 0 Å². The molecule has 0 aliphatic rings. The number of aliphatic imine (C=N–C) groups is 1. The van der Waals surface area contributed by atoms with E-state index in [-0.39, 0.29) is 0 Å². The zero-order valence-corrected chi connectivity index (χ0v) is 6.86. The van der Waals surface area contributed by atoms with Gasteiger partial charge in [0.1, 0.15) is 0 Å². The summed E-state index contributed by atoms with van der Waals surface area (Å²) in [6.07, 6.45) is 0. The van der Waals surface area contributed by atoms with Gasteiger partial charge in [-0.3, -0.25) is 0 Å². The van der Waals surface area contributed by atoms with E-state index in [2.05, 4.69) is 11.7 Å². The van der Waals surface area contributed by atoms with E-state index in [1.165, 1.54) is 0 Å². The molecule has 0 amide bonds. The largest absolute Gasteiger partial charge is 0.301 e. The van der Waals surface area contributed by atoms with Gasteiger partial charge in [0.25, 0.3) is 0 Å². The monoisotopic (exact) mass is 117 g/mol. The molecule has 0 aliphatic heterocycles. The maximum absolute atomic E-state index is 3.49. The maximum atomic E-state index is 3.49. The van der Waals surface area contributed by atoms with Gasteiger partial charge in [-0.1, -0.05) is 27.7 Å². The predicted molar refractivity (Wildman–Crippen MR) is 42.8 cm³/mol. The highest BCUT2D eigenvalue weighted by Crippen LogP contribution is 1.50. The van der Waals surface area contributed by atoms with Crippen molar-refractivity contribution in [3.8, 4) is 0 Å². The molecule has 0 aliphatic carbocycles. The van der Waals surface area contributed by atoms with E-state index in [1.807, 2.05) is 34.6 Å². The topological polar surface area (TPSA) is 12.4 Å². The van der Waals surface area contributed by atoms with Crippen LogP contribution in [0.5, 0.6) is 0 Å². The Morgan fingerprint density at radius 3 is 1.25 bits per heavy atom. The van der Waals surface area contributed by atoms with Gasteiger partial charge in [-0.2, -0.15) is 0 Å². The second kappa shape index (κ2) is 76.9. The molecule has 0 atom stereocenters. The molecule has 0 radical (unpaired) electrons. The van der Waals surface area contributed by atoms with Gasteiger partial charge in [-0.05, 0) is 13.6 Å². The Hall–Kier alpha value is -0.330. The van der Waals surface area contributed by atoms with Crippen LogP contribution in [0.1, 0.15) is 34.6 Å². The molecule has 0 aromatic rings. The van der Waals surface area contributed by atoms with Crippen LogP contribution in [0, 0.1) is 0 Å². The van der Waals surface area contributed by atoms with E-state index in [0.29, 0.717) is 0 Å². The second-order valence-electron chi connectivity index (χ2n) is 0.540. The van der Waals surface area contributed by atoms with Crippen molar-refractivity contribution in [3.63, 3.8) is 0 Å². The van der Waals surface area contributed by atoms with Gasteiger partial charge in [-0.25, -0.2) is 0 Å². The average Bonchev–Trinajstić information content (AvgIpc) is 1.96. The summed E-state index contributed by atoms with van der Waals surface area (Å²) in [5.41, 5.74) is 0. The van der Waals surface area contributed by atoms with Crippen molar-refractivity contribution in [2.75, 3.05) is 6.54 Å². The lowest BCUT2D eigenvalue weighted by Gasteiger charge is -1.61. The highest BCUT2D eigenvalue weighted by molar-refractivity contribution is 5.22. The third-order valence-electron chi connectivity index (χ3n) is 0.224. The van der Waals surface area contributed by atoms with Crippen LogP contribution in [-0.4, -0.2) is 13.3 Å². The minimum atomic E-state index is 0.833. The fourth-order valence-corrected chi connectivity index (χ4v) is 0. The molecule has 0 heterocycles. The molecular weight excluding hydrogens is 98.1 g/mol. The van der Waals surface area contributed by atoms with E-state index >= 15 is 0 Å². The van der Waals surface area contributed by atoms with Crippen LogP contribution in [0.3, 0.4) is 0 Å². The Morgan fingerprint density at radius 1 is 1.12 bits per heavy atom. The number of rotatable bonds is 1. The van der Waals surface area contributed by atoms with Gasteiger partial charge in [0.2, 0.25) is 0 Å². The number of hydrogen-bond acceptors (Lipinski definition) is 1. The molecule has 1 nitrogen and oxygen atoms in total.